The minimum atomic E-state index is 0.190. The number of hydrogen-bond acceptors (Lipinski definition) is 1. The fourth-order valence-electron chi connectivity index (χ4n) is 3.59. The average molecular weight is 359 g/mol. The van der Waals surface area contributed by atoms with E-state index in [1.165, 1.54) is 5.57 Å². The van der Waals surface area contributed by atoms with E-state index in [1.54, 1.807) is 6.07 Å². The number of allylic oxidation sites excluding steroid dienone is 6. The summed E-state index contributed by atoms with van der Waals surface area (Å²) in [5, 5.41) is 11.0. The molecule has 0 bridgehead atoms. The van der Waals surface area contributed by atoms with Crippen molar-refractivity contribution < 1.29 is 5.11 Å². The molecule has 0 aromatic heterocycles. The van der Waals surface area contributed by atoms with Gasteiger partial charge in [0.05, 0.1) is 0 Å². The smallest absolute Gasteiger partial charge is 0.119 e. The van der Waals surface area contributed by atoms with Gasteiger partial charge < -0.3 is 5.11 Å². The highest BCUT2D eigenvalue weighted by Crippen LogP contribution is 2.43. The first-order valence-corrected chi connectivity index (χ1v) is 9.54. The van der Waals surface area contributed by atoms with Gasteiger partial charge in [-0.2, -0.15) is 0 Å². The largest absolute Gasteiger partial charge is 0.508 e. The molecule has 1 N–H and O–H groups in total. The molecule has 0 saturated carbocycles. The van der Waals surface area contributed by atoms with Crippen molar-refractivity contribution in [1.29, 1.82) is 0 Å². The average Bonchev–Trinajstić information content (AvgIpc) is 2.56. The van der Waals surface area contributed by atoms with E-state index in [0.717, 1.165) is 28.1 Å². The Kier molecular flexibility index (Phi) is 6.21. The molecule has 0 heterocycles. The van der Waals surface area contributed by atoms with Crippen LogP contribution in [0, 0.1) is 31.1 Å². The van der Waals surface area contributed by atoms with Crippen molar-refractivity contribution in [2.24, 2.45) is 17.3 Å². The van der Waals surface area contributed by atoms with Crippen molar-refractivity contribution in [3.05, 3.63) is 63.7 Å². The normalized spacial score (nSPS) is 27.2. The molecule has 0 fully saturated rings. The molecule has 3 atom stereocenters. The van der Waals surface area contributed by atoms with Crippen LogP contribution in [0.3, 0.4) is 0 Å². The summed E-state index contributed by atoms with van der Waals surface area (Å²) in [4.78, 5) is 0. The fraction of sp³-hybridized carbons (Fsp3) is 0.478. The highest BCUT2D eigenvalue weighted by atomic mass is 35.5. The van der Waals surface area contributed by atoms with Crippen molar-refractivity contribution in [3.8, 4) is 5.75 Å². The van der Waals surface area contributed by atoms with E-state index in [1.807, 2.05) is 13.8 Å². The summed E-state index contributed by atoms with van der Waals surface area (Å²) < 4.78 is 0. The van der Waals surface area contributed by atoms with Crippen LogP contribution in [0.1, 0.15) is 50.8 Å². The second kappa shape index (κ2) is 7.83. The van der Waals surface area contributed by atoms with Crippen LogP contribution in [0.2, 0.25) is 5.02 Å². The Morgan fingerprint density at radius 1 is 1.36 bits per heavy atom. The quantitative estimate of drug-likeness (QED) is 0.456. The van der Waals surface area contributed by atoms with Gasteiger partial charge in [0.1, 0.15) is 5.75 Å². The molecule has 136 valence electrons. The lowest BCUT2D eigenvalue weighted by atomic mass is 9.65. The number of benzene rings is 1. The van der Waals surface area contributed by atoms with Gasteiger partial charge in [-0.3, -0.25) is 0 Å². The molecule has 2 heteroatoms. The lowest BCUT2D eigenvalue weighted by Gasteiger charge is -2.40. The van der Waals surface area contributed by atoms with Gasteiger partial charge in [0.2, 0.25) is 0 Å². The van der Waals surface area contributed by atoms with Gasteiger partial charge in [-0.1, -0.05) is 68.3 Å². The van der Waals surface area contributed by atoms with E-state index in [0.29, 0.717) is 24.0 Å². The summed E-state index contributed by atoms with van der Waals surface area (Å²) in [6.07, 6.45) is 13.2. The number of hydrogen-bond donors (Lipinski definition) is 1. The molecule has 1 aromatic rings. The van der Waals surface area contributed by atoms with Crippen molar-refractivity contribution >= 4 is 11.6 Å². The highest BCUT2D eigenvalue weighted by Gasteiger charge is 2.34. The van der Waals surface area contributed by atoms with Gasteiger partial charge in [0, 0.05) is 10.6 Å². The Morgan fingerprint density at radius 3 is 2.68 bits per heavy atom. The predicted octanol–water partition coefficient (Wildman–Crippen LogP) is 6.95. The third-order valence-electron chi connectivity index (χ3n) is 6.08. The summed E-state index contributed by atoms with van der Waals surface area (Å²) in [6, 6.07) is 1.75. The maximum absolute atomic E-state index is 10.2. The topological polar surface area (TPSA) is 20.2 Å². The second-order valence-electron chi connectivity index (χ2n) is 7.84. The van der Waals surface area contributed by atoms with E-state index in [-0.39, 0.29) is 5.41 Å². The molecule has 3 unspecified atom stereocenters. The summed E-state index contributed by atoms with van der Waals surface area (Å²) in [6.45, 7) is 13.0. The molecule has 1 nitrogen and oxygen atoms in total. The van der Waals surface area contributed by atoms with Crippen molar-refractivity contribution in [2.45, 2.75) is 54.4 Å². The first-order chi connectivity index (χ1) is 11.7. The Hall–Kier alpha value is -1.47. The fourth-order valence-corrected chi connectivity index (χ4v) is 3.76. The summed E-state index contributed by atoms with van der Waals surface area (Å²) >= 11 is 6.33. The van der Waals surface area contributed by atoms with E-state index in [4.69, 9.17) is 11.6 Å². The lowest BCUT2D eigenvalue weighted by molar-refractivity contribution is 0.200. The molecule has 1 aromatic carbocycles. The highest BCUT2D eigenvalue weighted by molar-refractivity contribution is 6.32. The van der Waals surface area contributed by atoms with E-state index in [2.05, 4.69) is 58.1 Å². The van der Waals surface area contributed by atoms with Crippen LogP contribution in [0.4, 0.5) is 0 Å². The molecule has 0 spiro atoms. The molecule has 0 amide bonds. The van der Waals surface area contributed by atoms with Gasteiger partial charge >= 0.3 is 0 Å². The van der Waals surface area contributed by atoms with Gasteiger partial charge in [-0.25, -0.2) is 0 Å². The zero-order valence-electron chi connectivity index (χ0n) is 16.4. The molecule has 1 aliphatic rings. The van der Waals surface area contributed by atoms with Crippen molar-refractivity contribution in [1.82, 2.24) is 0 Å². The third-order valence-corrected chi connectivity index (χ3v) is 6.66. The van der Waals surface area contributed by atoms with Crippen LogP contribution >= 0.6 is 11.6 Å². The maximum atomic E-state index is 10.2. The van der Waals surface area contributed by atoms with Crippen LogP contribution in [0.5, 0.6) is 5.75 Å². The zero-order chi connectivity index (χ0) is 18.8. The molecule has 1 aliphatic carbocycles. The second-order valence-corrected chi connectivity index (χ2v) is 8.21. The Labute approximate surface area is 158 Å². The summed E-state index contributed by atoms with van der Waals surface area (Å²) in [7, 11) is 0. The number of aromatic hydroxyl groups is 1. The Balaban J connectivity index is 2.18. The van der Waals surface area contributed by atoms with Crippen molar-refractivity contribution in [2.75, 3.05) is 0 Å². The van der Waals surface area contributed by atoms with Crippen LogP contribution in [-0.4, -0.2) is 5.11 Å². The minimum absolute atomic E-state index is 0.190. The standard InChI is InChI=1S/C23H31ClO/c1-15(12-13-23(6)17(3)8-7-9-18(23)4)10-11-20-19(5)22(24)16(2)14-21(20)25/h7-8,10,12-14,17-18,25H,9,11H2,1-6H3/b13-12+,15-10+. The first-order valence-electron chi connectivity index (χ1n) is 9.17. The van der Waals surface area contributed by atoms with Crippen LogP contribution < -0.4 is 0 Å². The molecule has 25 heavy (non-hydrogen) atoms. The number of phenols is 1. The van der Waals surface area contributed by atoms with Crippen LogP contribution in [-0.2, 0) is 6.42 Å². The van der Waals surface area contributed by atoms with Gasteiger partial charge in [0.25, 0.3) is 0 Å². The maximum Gasteiger partial charge on any atom is 0.119 e. The van der Waals surface area contributed by atoms with Crippen LogP contribution in [0.15, 0.2) is 42.0 Å². The third kappa shape index (κ3) is 4.20. The molecular weight excluding hydrogens is 328 g/mol. The number of phenolic OH excluding ortho intramolecular Hbond substituents is 1. The Morgan fingerprint density at radius 2 is 2.04 bits per heavy atom. The minimum Gasteiger partial charge on any atom is -0.508 e. The van der Waals surface area contributed by atoms with Gasteiger partial charge in [-0.05, 0) is 68.1 Å². The number of rotatable bonds is 4. The Bertz CT molecular complexity index is 726. The summed E-state index contributed by atoms with van der Waals surface area (Å²) in [5.41, 5.74) is 4.21. The van der Waals surface area contributed by atoms with Gasteiger partial charge in [0.15, 0.2) is 0 Å². The number of halogens is 1. The van der Waals surface area contributed by atoms with Crippen molar-refractivity contribution in [3.63, 3.8) is 0 Å². The van der Waals surface area contributed by atoms with E-state index in [9.17, 15) is 5.11 Å². The van der Waals surface area contributed by atoms with E-state index >= 15 is 0 Å². The van der Waals surface area contributed by atoms with Gasteiger partial charge in [-0.15, -0.1) is 0 Å². The van der Waals surface area contributed by atoms with Crippen LogP contribution in [0.25, 0.3) is 0 Å². The lowest BCUT2D eigenvalue weighted by Crippen LogP contribution is -2.31. The molecule has 2 rings (SSSR count). The first kappa shape index (κ1) is 19.8. The molecule has 0 aliphatic heterocycles. The predicted molar refractivity (Wildman–Crippen MR) is 109 cm³/mol. The van der Waals surface area contributed by atoms with E-state index < -0.39 is 0 Å². The SMILES string of the molecule is CC(/C=C/C1(C)C(C)C=CCC1C)=C\Cc1c(O)cc(C)c(Cl)c1C. The molecular formula is C23H31ClO. The molecule has 0 radical (unpaired) electrons. The zero-order valence-corrected chi connectivity index (χ0v) is 17.1. The molecule has 0 saturated heterocycles. The summed E-state index contributed by atoms with van der Waals surface area (Å²) in [5.74, 6) is 1.51. The monoisotopic (exact) mass is 358 g/mol. The number of aryl methyl sites for hydroxylation is 1.